The molecule has 1 rings (SSSR count). The van der Waals surface area contributed by atoms with Crippen LogP contribution in [0.2, 0.25) is 10.0 Å². The molecule has 0 saturated carbocycles. The van der Waals surface area contributed by atoms with Crippen LogP contribution in [0.15, 0.2) is 23.1 Å². The highest BCUT2D eigenvalue weighted by Gasteiger charge is 2.16. The van der Waals surface area contributed by atoms with Crippen LogP contribution in [-0.4, -0.2) is 18.2 Å². The molecule has 0 aliphatic rings. The van der Waals surface area contributed by atoms with Gasteiger partial charge in [0.1, 0.15) is 0 Å². The number of carbonyl (C=O) groups is 1. The van der Waals surface area contributed by atoms with Gasteiger partial charge in [0.2, 0.25) is 5.91 Å². The minimum atomic E-state index is -0.215. The van der Waals surface area contributed by atoms with Gasteiger partial charge >= 0.3 is 0 Å². The molecule has 0 bridgehead atoms. The molecule has 0 heterocycles. The molecule has 0 aromatic heterocycles. The first-order chi connectivity index (χ1) is 7.06. The lowest BCUT2D eigenvalue weighted by Gasteiger charge is -2.11. The lowest BCUT2D eigenvalue weighted by molar-refractivity contribution is -0.119. The van der Waals surface area contributed by atoms with Gasteiger partial charge in [-0.2, -0.15) is 0 Å². The molecule has 0 radical (unpaired) electrons. The first kappa shape index (κ1) is 12.7. The van der Waals surface area contributed by atoms with Gasteiger partial charge in [0.25, 0.3) is 0 Å². The fraction of sp³-hybridized carbons (Fsp3) is 0.300. The minimum Gasteiger partial charge on any atom is -0.358 e. The Morgan fingerprint density at radius 3 is 2.40 bits per heavy atom. The van der Waals surface area contributed by atoms with Crippen LogP contribution < -0.4 is 5.32 Å². The lowest BCUT2D eigenvalue weighted by Crippen LogP contribution is -2.27. The van der Waals surface area contributed by atoms with Crippen LogP contribution in [-0.2, 0) is 4.79 Å². The van der Waals surface area contributed by atoms with E-state index in [1.807, 2.05) is 6.92 Å². The van der Waals surface area contributed by atoms with Gasteiger partial charge in [0.15, 0.2) is 0 Å². The second-order valence-corrected chi connectivity index (χ2v) is 5.09. The van der Waals surface area contributed by atoms with Crippen molar-refractivity contribution >= 4 is 40.9 Å². The van der Waals surface area contributed by atoms with Crippen molar-refractivity contribution in [3.05, 3.63) is 28.2 Å². The molecule has 5 heteroatoms. The maximum atomic E-state index is 11.3. The van der Waals surface area contributed by atoms with E-state index in [0.29, 0.717) is 10.0 Å². The molecule has 2 nitrogen and oxygen atoms in total. The van der Waals surface area contributed by atoms with Gasteiger partial charge in [-0.3, -0.25) is 4.79 Å². The van der Waals surface area contributed by atoms with Crippen molar-refractivity contribution in [2.24, 2.45) is 0 Å². The van der Waals surface area contributed by atoms with Crippen molar-refractivity contribution in [3.8, 4) is 0 Å². The van der Waals surface area contributed by atoms with Crippen molar-refractivity contribution in [3.63, 3.8) is 0 Å². The quantitative estimate of drug-likeness (QED) is 0.849. The Hall–Kier alpha value is -0.380. The smallest absolute Gasteiger partial charge is 0.232 e. The van der Waals surface area contributed by atoms with E-state index in [1.165, 1.54) is 11.8 Å². The summed E-state index contributed by atoms with van der Waals surface area (Å²) in [7, 11) is 1.60. The SMILES string of the molecule is CNC(=O)C(C)Sc1c(Cl)cccc1Cl. The van der Waals surface area contributed by atoms with Gasteiger partial charge in [-0.15, -0.1) is 11.8 Å². The summed E-state index contributed by atoms with van der Waals surface area (Å²) in [6, 6.07) is 5.29. The summed E-state index contributed by atoms with van der Waals surface area (Å²) in [6.45, 7) is 1.81. The van der Waals surface area contributed by atoms with E-state index in [0.717, 1.165) is 4.90 Å². The molecule has 1 aromatic carbocycles. The number of thioether (sulfide) groups is 1. The Labute approximate surface area is 103 Å². The molecule has 0 fully saturated rings. The molecule has 0 aliphatic carbocycles. The summed E-state index contributed by atoms with van der Waals surface area (Å²) in [5.41, 5.74) is 0. The number of halogens is 2. The Morgan fingerprint density at radius 1 is 1.40 bits per heavy atom. The van der Waals surface area contributed by atoms with Crippen molar-refractivity contribution in [2.75, 3.05) is 7.05 Å². The molecule has 1 aromatic rings. The number of hydrogen-bond donors (Lipinski definition) is 1. The zero-order valence-corrected chi connectivity index (χ0v) is 10.7. The van der Waals surface area contributed by atoms with Gasteiger partial charge in [-0.1, -0.05) is 29.3 Å². The second-order valence-electron chi connectivity index (χ2n) is 2.93. The molecule has 1 unspecified atom stereocenters. The van der Waals surface area contributed by atoms with Crippen molar-refractivity contribution in [1.29, 1.82) is 0 Å². The highest BCUT2D eigenvalue weighted by Crippen LogP contribution is 2.36. The fourth-order valence-electron chi connectivity index (χ4n) is 1.03. The molecule has 15 heavy (non-hydrogen) atoms. The Balaban J connectivity index is 2.85. The van der Waals surface area contributed by atoms with E-state index in [2.05, 4.69) is 5.32 Å². The first-order valence-corrected chi connectivity index (χ1v) is 6.02. The predicted molar refractivity (Wildman–Crippen MR) is 65.8 cm³/mol. The molecule has 0 spiro atoms. The monoisotopic (exact) mass is 263 g/mol. The van der Waals surface area contributed by atoms with Crippen molar-refractivity contribution in [2.45, 2.75) is 17.1 Å². The van der Waals surface area contributed by atoms with Gasteiger partial charge in [0, 0.05) is 11.9 Å². The van der Waals surface area contributed by atoms with Crippen molar-refractivity contribution in [1.82, 2.24) is 5.32 Å². The topological polar surface area (TPSA) is 29.1 Å². The summed E-state index contributed by atoms with van der Waals surface area (Å²) in [4.78, 5) is 12.1. The highest BCUT2D eigenvalue weighted by atomic mass is 35.5. The minimum absolute atomic E-state index is 0.0454. The molecule has 82 valence electrons. The number of carbonyl (C=O) groups excluding carboxylic acids is 1. The van der Waals surface area contributed by atoms with Gasteiger partial charge in [-0.05, 0) is 19.1 Å². The summed E-state index contributed by atoms with van der Waals surface area (Å²) in [5.74, 6) is -0.0454. The second kappa shape index (κ2) is 5.64. The third kappa shape index (κ3) is 3.30. The summed E-state index contributed by atoms with van der Waals surface area (Å²) in [5, 5.41) is 3.51. The molecule has 1 amide bonds. The largest absolute Gasteiger partial charge is 0.358 e. The Kier molecular flexibility index (Phi) is 4.77. The summed E-state index contributed by atoms with van der Waals surface area (Å²) in [6.07, 6.45) is 0. The molecular formula is C10H11Cl2NOS. The number of nitrogens with one attached hydrogen (secondary N) is 1. The van der Waals surface area contributed by atoms with Gasteiger partial charge in [0.05, 0.1) is 15.3 Å². The van der Waals surface area contributed by atoms with E-state index >= 15 is 0 Å². The lowest BCUT2D eigenvalue weighted by atomic mass is 10.4. The van der Waals surface area contributed by atoms with E-state index < -0.39 is 0 Å². The highest BCUT2D eigenvalue weighted by molar-refractivity contribution is 8.00. The van der Waals surface area contributed by atoms with Crippen LogP contribution in [0.4, 0.5) is 0 Å². The van der Waals surface area contributed by atoms with E-state index in [9.17, 15) is 4.79 Å². The third-order valence-corrected chi connectivity index (χ3v) is 3.93. The van der Waals surface area contributed by atoms with Crippen LogP contribution in [0.1, 0.15) is 6.92 Å². The average Bonchev–Trinajstić information content (AvgIpc) is 2.22. The Bertz CT molecular complexity index is 350. The maximum absolute atomic E-state index is 11.3. The van der Waals surface area contributed by atoms with E-state index in [4.69, 9.17) is 23.2 Å². The normalized spacial score (nSPS) is 12.3. The van der Waals surface area contributed by atoms with Crippen LogP contribution in [0.3, 0.4) is 0 Å². The van der Waals surface area contributed by atoms with Crippen LogP contribution in [0.25, 0.3) is 0 Å². The molecule has 1 N–H and O–H groups in total. The van der Waals surface area contributed by atoms with E-state index in [-0.39, 0.29) is 11.2 Å². The zero-order valence-electron chi connectivity index (χ0n) is 8.38. The number of hydrogen-bond acceptors (Lipinski definition) is 2. The fourth-order valence-corrected chi connectivity index (χ4v) is 2.63. The zero-order chi connectivity index (χ0) is 11.4. The predicted octanol–water partition coefficient (Wildman–Crippen LogP) is 3.22. The standard InChI is InChI=1S/C10H11Cl2NOS/c1-6(10(14)13-2)15-9-7(11)4-3-5-8(9)12/h3-6H,1-2H3,(H,13,14). The third-order valence-electron chi connectivity index (χ3n) is 1.83. The van der Waals surface area contributed by atoms with Crippen molar-refractivity contribution < 1.29 is 4.79 Å². The van der Waals surface area contributed by atoms with E-state index in [1.54, 1.807) is 25.2 Å². The Morgan fingerprint density at radius 2 is 1.93 bits per heavy atom. The van der Waals surface area contributed by atoms with Crippen LogP contribution >= 0.6 is 35.0 Å². The number of rotatable bonds is 3. The maximum Gasteiger partial charge on any atom is 0.232 e. The van der Waals surface area contributed by atoms with Crippen LogP contribution in [0.5, 0.6) is 0 Å². The molecule has 0 aliphatic heterocycles. The summed E-state index contributed by atoms with van der Waals surface area (Å²) >= 11 is 13.3. The van der Waals surface area contributed by atoms with Gasteiger partial charge < -0.3 is 5.32 Å². The molecule has 1 atom stereocenters. The van der Waals surface area contributed by atoms with Gasteiger partial charge in [-0.25, -0.2) is 0 Å². The molecular weight excluding hydrogens is 253 g/mol. The number of benzene rings is 1. The number of amides is 1. The summed E-state index contributed by atoms with van der Waals surface area (Å²) < 4.78 is 0. The first-order valence-electron chi connectivity index (χ1n) is 4.38. The average molecular weight is 264 g/mol. The molecule has 0 saturated heterocycles. The van der Waals surface area contributed by atoms with Crippen LogP contribution in [0, 0.1) is 0 Å².